The molecule has 2 saturated heterocycles. The lowest BCUT2D eigenvalue weighted by Gasteiger charge is -2.48. The normalized spacial score (nSPS) is 22.4. The molecule has 7 nitrogen and oxygen atoms in total. The van der Waals surface area contributed by atoms with Gasteiger partial charge in [-0.3, -0.25) is 14.8 Å². The highest BCUT2D eigenvalue weighted by Crippen LogP contribution is 2.33. The van der Waals surface area contributed by atoms with Crippen LogP contribution in [0.25, 0.3) is 0 Å². The smallest absolute Gasteiger partial charge is 0.191 e. The van der Waals surface area contributed by atoms with Crippen molar-refractivity contribution < 1.29 is 9.47 Å². The lowest BCUT2D eigenvalue weighted by atomic mass is 9.80. The largest absolute Gasteiger partial charge is 0.379 e. The van der Waals surface area contributed by atoms with Crippen molar-refractivity contribution in [2.45, 2.75) is 50.7 Å². The summed E-state index contributed by atoms with van der Waals surface area (Å²) in [4.78, 5) is 9.62. The van der Waals surface area contributed by atoms with Gasteiger partial charge in [-0.15, -0.1) is 24.0 Å². The van der Waals surface area contributed by atoms with Gasteiger partial charge < -0.3 is 20.1 Å². The Hall–Kier alpha value is -0.940. The van der Waals surface area contributed by atoms with E-state index in [1.807, 2.05) is 7.05 Å². The molecule has 1 saturated carbocycles. The Labute approximate surface area is 216 Å². The van der Waals surface area contributed by atoms with Crippen molar-refractivity contribution in [2.75, 3.05) is 66.2 Å². The van der Waals surface area contributed by atoms with E-state index in [1.165, 1.54) is 43.2 Å². The van der Waals surface area contributed by atoms with Gasteiger partial charge in [0.15, 0.2) is 5.96 Å². The minimum atomic E-state index is 0. The topological polar surface area (TPSA) is 61.4 Å². The number of ether oxygens (including phenoxy) is 2. The number of nitrogens with zero attached hydrogens (tertiary/aromatic N) is 3. The van der Waals surface area contributed by atoms with Gasteiger partial charge in [-0.05, 0) is 24.0 Å². The lowest BCUT2D eigenvalue weighted by Crippen LogP contribution is -2.60. The number of benzene rings is 1. The summed E-state index contributed by atoms with van der Waals surface area (Å²) < 4.78 is 11.1. The molecule has 8 heteroatoms. The van der Waals surface area contributed by atoms with E-state index in [-0.39, 0.29) is 29.5 Å². The summed E-state index contributed by atoms with van der Waals surface area (Å²) in [6.45, 7) is 10.3. The molecule has 3 aliphatic rings. The molecule has 1 aromatic carbocycles. The van der Waals surface area contributed by atoms with E-state index in [0.717, 1.165) is 78.2 Å². The van der Waals surface area contributed by atoms with Crippen molar-refractivity contribution in [2.24, 2.45) is 4.99 Å². The molecule has 3 fully saturated rings. The summed E-state index contributed by atoms with van der Waals surface area (Å²) in [6, 6.07) is 8.95. The van der Waals surface area contributed by atoms with Crippen LogP contribution in [0.3, 0.4) is 0 Å². The number of morpholine rings is 2. The Morgan fingerprint density at radius 2 is 1.48 bits per heavy atom. The van der Waals surface area contributed by atoms with E-state index in [2.05, 4.69) is 49.7 Å². The molecule has 0 unspecified atom stereocenters. The van der Waals surface area contributed by atoms with E-state index in [4.69, 9.17) is 9.47 Å². The quantitative estimate of drug-likeness (QED) is 0.298. The van der Waals surface area contributed by atoms with E-state index in [9.17, 15) is 0 Å². The van der Waals surface area contributed by atoms with Crippen molar-refractivity contribution in [3.8, 4) is 0 Å². The molecule has 0 atom stereocenters. The van der Waals surface area contributed by atoms with Gasteiger partial charge >= 0.3 is 0 Å². The van der Waals surface area contributed by atoms with Gasteiger partial charge in [-0.25, -0.2) is 0 Å². The molecule has 4 rings (SSSR count). The minimum Gasteiger partial charge on any atom is -0.379 e. The number of guanidine groups is 1. The van der Waals surface area contributed by atoms with Crippen molar-refractivity contribution in [1.29, 1.82) is 0 Å². The molecular weight excluding hydrogens is 529 g/mol. The highest BCUT2D eigenvalue weighted by atomic mass is 127. The molecule has 2 heterocycles. The zero-order valence-corrected chi connectivity index (χ0v) is 22.5. The van der Waals surface area contributed by atoms with Crippen LogP contribution in [0, 0.1) is 0 Å². The maximum atomic E-state index is 5.61. The van der Waals surface area contributed by atoms with Gasteiger partial charge in [0.1, 0.15) is 0 Å². The van der Waals surface area contributed by atoms with Crippen LogP contribution in [0.15, 0.2) is 29.3 Å². The molecule has 1 aromatic rings. The molecular formula is C25H42IN5O2. The van der Waals surface area contributed by atoms with Crippen molar-refractivity contribution in [3.05, 3.63) is 35.4 Å². The van der Waals surface area contributed by atoms with Crippen LogP contribution in [0.2, 0.25) is 0 Å². The first-order valence-electron chi connectivity index (χ1n) is 12.4. The van der Waals surface area contributed by atoms with Gasteiger partial charge in [0, 0.05) is 58.4 Å². The average molecular weight is 572 g/mol. The van der Waals surface area contributed by atoms with Gasteiger partial charge in [0.2, 0.25) is 0 Å². The van der Waals surface area contributed by atoms with E-state index in [1.54, 1.807) is 0 Å². The summed E-state index contributed by atoms with van der Waals surface area (Å²) in [7, 11) is 1.86. The first-order chi connectivity index (χ1) is 15.8. The SMILES string of the molecule is CN=C(NCc1ccc(CN2CCOCC2)cc1)NCC1(N2CCOCC2)CCCCC1.I. The van der Waals surface area contributed by atoms with Crippen molar-refractivity contribution in [1.82, 2.24) is 20.4 Å². The van der Waals surface area contributed by atoms with E-state index < -0.39 is 0 Å². The third-order valence-corrected chi connectivity index (χ3v) is 7.27. The molecule has 0 aromatic heterocycles. The molecule has 0 bridgehead atoms. The molecule has 2 N–H and O–H groups in total. The number of aliphatic imine (C=N–C) groups is 1. The Morgan fingerprint density at radius 3 is 2.12 bits per heavy atom. The molecule has 0 amide bonds. The fourth-order valence-corrected chi connectivity index (χ4v) is 5.29. The number of hydrogen-bond donors (Lipinski definition) is 2. The molecule has 0 spiro atoms. The van der Waals surface area contributed by atoms with Crippen LogP contribution in [0.5, 0.6) is 0 Å². The van der Waals surface area contributed by atoms with Crippen LogP contribution in [0.4, 0.5) is 0 Å². The van der Waals surface area contributed by atoms with Crippen LogP contribution in [0.1, 0.15) is 43.2 Å². The number of hydrogen-bond acceptors (Lipinski definition) is 5. The van der Waals surface area contributed by atoms with Crippen LogP contribution >= 0.6 is 24.0 Å². The maximum Gasteiger partial charge on any atom is 0.191 e. The predicted octanol–water partition coefficient (Wildman–Crippen LogP) is 2.84. The summed E-state index contributed by atoms with van der Waals surface area (Å²) in [5.74, 6) is 0.889. The molecule has 33 heavy (non-hydrogen) atoms. The van der Waals surface area contributed by atoms with Gasteiger partial charge in [-0.2, -0.15) is 0 Å². The highest BCUT2D eigenvalue weighted by Gasteiger charge is 2.38. The standard InChI is InChI=1S/C25H41N5O2.HI/c1-26-24(28-21-25(9-3-2-4-10-25)30-13-17-32-18-14-30)27-19-22-5-7-23(8-6-22)20-29-11-15-31-16-12-29;/h5-8H,2-4,9-21H2,1H3,(H2,26,27,28);1H. The Balaban J connectivity index is 0.00000306. The third kappa shape index (κ3) is 7.78. The fourth-order valence-electron chi connectivity index (χ4n) is 5.29. The second-order valence-corrected chi connectivity index (χ2v) is 9.37. The maximum absolute atomic E-state index is 5.61. The zero-order chi connectivity index (χ0) is 22.1. The molecule has 1 aliphatic carbocycles. The van der Waals surface area contributed by atoms with Crippen LogP contribution in [-0.4, -0.2) is 87.5 Å². The Kier molecular flexibility index (Phi) is 11.2. The van der Waals surface area contributed by atoms with E-state index in [0.29, 0.717) is 0 Å². The second kappa shape index (κ2) is 13.8. The Bertz CT molecular complexity index is 712. The summed E-state index contributed by atoms with van der Waals surface area (Å²) in [6.07, 6.45) is 6.54. The fraction of sp³-hybridized carbons (Fsp3) is 0.720. The Morgan fingerprint density at radius 1 is 0.879 bits per heavy atom. The summed E-state index contributed by atoms with van der Waals surface area (Å²) >= 11 is 0. The van der Waals surface area contributed by atoms with Gasteiger partial charge in [0.25, 0.3) is 0 Å². The third-order valence-electron chi connectivity index (χ3n) is 7.27. The summed E-state index contributed by atoms with van der Waals surface area (Å²) in [5.41, 5.74) is 2.88. The van der Waals surface area contributed by atoms with E-state index >= 15 is 0 Å². The predicted molar refractivity (Wildman–Crippen MR) is 144 cm³/mol. The number of nitrogens with one attached hydrogen (secondary N) is 2. The average Bonchev–Trinajstić information content (AvgIpc) is 2.87. The van der Waals surface area contributed by atoms with Crippen LogP contribution in [-0.2, 0) is 22.6 Å². The molecule has 0 radical (unpaired) electrons. The van der Waals surface area contributed by atoms with Gasteiger partial charge in [0.05, 0.1) is 26.4 Å². The highest BCUT2D eigenvalue weighted by molar-refractivity contribution is 14.0. The lowest BCUT2D eigenvalue weighted by molar-refractivity contribution is -0.0352. The monoisotopic (exact) mass is 571 g/mol. The first kappa shape index (κ1) is 26.7. The summed E-state index contributed by atoms with van der Waals surface area (Å²) in [5, 5.41) is 7.17. The van der Waals surface area contributed by atoms with Crippen molar-refractivity contribution in [3.63, 3.8) is 0 Å². The number of rotatable bonds is 7. The zero-order valence-electron chi connectivity index (χ0n) is 20.2. The van der Waals surface area contributed by atoms with Crippen molar-refractivity contribution >= 4 is 29.9 Å². The van der Waals surface area contributed by atoms with Crippen LogP contribution < -0.4 is 10.6 Å². The number of halogens is 1. The van der Waals surface area contributed by atoms with Gasteiger partial charge in [-0.1, -0.05) is 43.5 Å². The molecule has 186 valence electrons. The molecule has 2 aliphatic heterocycles. The second-order valence-electron chi connectivity index (χ2n) is 9.37. The minimum absolute atomic E-state index is 0. The first-order valence-corrected chi connectivity index (χ1v) is 12.4.